The van der Waals surface area contributed by atoms with Crippen LogP contribution in [0.2, 0.25) is 0 Å². The molecule has 0 aromatic rings. The first-order chi connectivity index (χ1) is 5.65. The van der Waals surface area contributed by atoms with Gasteiger partial charge in [0.1, 0.15) is 5.04 Å². The maximum absolute atomic E-state index is 11.5. The molecule has 0 aliphatic carbocycles. The topological polar surface area (TPSA) is 41.9 Å². The van der Waals surface area contributed by atoms with Crippen molar-refractivity contribution in [2.45, 2.75) is 12.2 Å². The summed E-state index contributed by atoms with van der Waals surface area (Å²) in [4.78, 5) is 0. The van der Waals surface area contributed by atoms with Crippen LogP contribution in [0.1, 0.15) is 6.92 Å². The van der Waals surface area contributed by atoms with E-state index in [2.05, 4.69) is 5.10 Å². The van der Waals surface area contributed by atoms with Gasteiger partial charge in [0, 0.05) is 14.2 Å². The molecule has 70 valence electrons. The van der Waals surface area contributed by atoms with Crippen molar-refractivity contribution in [3.05, 3.63) is 0 Å². The second kappa shape index (κ2) is 4.00. The van der Waals surface area contributed by atoms with Crippen LogP contribution in [0.3, 0.4) is 0 Å². The van der Waals surface area contributed by atoms with Gasteiger partial charge in [0.05, 0.1) is 29.2 Å². The quantitative estimate of drug-likeness (QED) is 0.617. The molecule has 1 aliphatic rings. The summed E-state index contributed by atoms with van der Waals surface area (Å²) >= 11 is 0. The van der Waals surface area contributed by atoms with E-state index in [1.54, 1.807) is 19.0 Å². The SMILES string of the molecule is COCC1CN(C)N=C(C)S1=O. The first-order valence-corrected chi connectivity index (χ1v) is 5.02. The lowest BCUT2D eigenvalue weighted by atomic mass is 10.4. The van der Waals surface area contributed by atoms with E-state index in [0.717, 1.165) is 0 Å². The lowest BCUT2D eigenvalue weighted by Gasteiger charge is -2.26. The fourth-order valence-electron chi connectivity index (χ4n) is 1.23. The lowest BCUT2D eigenvalue weighted by molar-refractivity contribution is 0.183. The lowest BCUT2D eigenvalue weighted by Crippen LogP contribution is -2.40. The number of nitrogens with zero attached hydrogens (tertiary/aromatic N) is 2. The van der Waals surface area contributed by atoms with Gasteiger partial charge < -0.3 is 4.74 Å². The summed E-state index contributed by atoms with van der Waals surface area (Å²) in [6.45, 7) is 3.02. The van der Waals surface area contributed by atoms with Crippen molar-refractivity contribution in [2.75, 3.05) is 27.3 Å². The molecule has 1 aliphatic heterocycles. The molecular weight excluding hydrogens is 176 g/mol. The summed E-state index contributed by atoms with van der Waals surface area (Å²) in [5, 5.41) is 6.65. The largest absolute Gasteiger partial charge is 0.383 e. The van der Waals surface area contributed by atoms with Gasteiger partial charge in [-0.15, -0.1) is 0 Å². The normalized spacial score (nSPS) is 30.2. The second-order valence-corrected chi connectivity index (χ2v) is 4.69. The Bertz CT molecular complexity index is 217. The molecule has 2 atom stereocenters. The van der Waals surface area contributed by atoms with Crippen LogP contribution < -0.4 is 0 Å². The Kier molecular flexibility index (Phi) is 3.22. The summed E-state index contributed by atoms with van der Waals surface area (Å²) in [5.74, 6) is 0. The van der Waals surface area contributed by atoms with Gasteiger partial charge in [-0.05, 0) is 6.92 Å². The third kappa shape index (κ3) is 2.04. The molecule has 2 unspecified atom stereocenters. The summed E-state index contributed by atoms with van der Waals surface area (Å²) in [6.07, 6.45) is 0. The van der Waals surface area contributed by atoms with Crippen LogP contribution in [0, 0.1) is 0 Å². The first kappa shape index (κ1) is 9.67. The summed E-state index contributed by atoms with van der Waals surface area (Å²) in [7, 11) is 2.54. The monoisotopic (exact) mass is 190 g/mol. The van der Waals surface area contributed by atoms with Gasteiger partial charge in [-0.25, -0.2) is 0 Å². The van der Waals surface area contributed by atoms with Crippen LogP contribution in [-0.2, 0) is 15.5 Å². The minimum Gasteiger partial charge on any atom is -0.383 e. The standard InChI is InChI=1S/C7H14N2O2S/c1-6-8-9(2)4-7(5-11-3)12(6)10/h7H,4-5H2,1-3H3. The average molecular weight is 190 g/mol. The minimum atomic E-state index is -0.960. The van der Waals surface area contributed by atoms with E-state index in [0.29, 0.717) is 18.2 Å². The molecule has 0 saturated carbocycles. The van der Waals surface area contributed by atoms with Gasteiger partial charge in [-0.2, -0.15) is 5.10 Å². The Labute approximate surface area is 75.0 Å². The Balaban J connectivity index is 2.68. The third-order valence-corrected chi connectivity index (χ3v) is 3.28. The van der Waals surface area contributed by atoms with E-state index in [-0.39, 0.29) is 5.25 Å². The van der Waals surface area contributed by atoms with Crippen LogP contribution in [0.5, 0.6) is 0 Å². The highest BCUT2D eigenvalue weighted by Gasteiger charge is 2.25. The van der Waals surface area contributed by atoms with Gasteiger partial charge >= 0.3 is 0 Å². The van der Waals surface area contributed by atoms with Gasteiger partial charge in [-0.3, -0.25) is 9.22 Å². The van der Waals surface area contributed by atoms with Crippen molar-refractivity contribution in [3.8, 4) is 0 Å². The molecule has 0 saturated heterocycles. The maximum Gasteiger partial charge on any atom is 0.121 e. The van der Waals surface area contributed by atoms with Crippen molar-refractivity contribution in [3.63, 3.8) is 0 Å². The predicted octanol–water partition coefficient (Wildman–Crippen LogP) is 0.0289. The molecule has 5 heteroatoms. The van der Waals surface area contributed by atoms with E-state index >= 15 is 0 Å². The molecule has 0 aromatic carbocycles. The Hall–Kier alpha value is -0.420. The number of hydrogen-bond acceptors (Lipinski definition) is 4. The van der Waals surface area contributed by atoms with E-state index in [9.17, 15) is 4.21 Å². The van der Waals surface area contributed by atoms with E-state index in [4.69, 9.17) is 4.74 Å². The molecule has 0 radical (unpaired) electrons. The highest BCUT2D eigenvalue weighted by Crippen LogP contribution is 2.09. The second-order valence-electron chi connectivity index (χ2n) is 2.83. The molecule has 0 aromatic heterocycles. The smallest absolute Gasteiger partial charge is 0.121 e. The number of hydrogen-bond donors (Lipinski definition) is 0. The predicted molar refractivity (Wildman–Crippen MR) is 49.5 cm³/mol. The van der Waals surface area contributed by atoms with Crippen LogP contribution in [0.4, 0.5) is 0 Å². The highest BCUT2D eigenvalue weighted by atomic mass is 32.2. The molecule has 12 heavy (non-hydrogen) atoms. The molecule has 0 spiro atoms. The molecule has 0 fully saturated rings. The minimum absolute atomic E-state index is 0.0671. The van der Waals surface area contributed by atoms with Crippen LogP contribution in [0.15, 0.2) is 5.10 Å². The Morgan fingerprint density at radius 1 is 1.83 bits per heavy atom. The van der Waals surface area contributed by atoms with Crippen molar-refractivity contribution in [1.29, 1.82) is 0 Å². The fraction of sp³-hybridized carbons (Fsp3) is 0.857. The Morgan fingerprint density at radius 2 is 2.50 bits per heavy atom. The number of hydrazone groups is 1. The van der Waals surface area contributed by atoms with Crippen LogP contribution in [-0.4, -0.2) is 46.8 Å². The van der Waals surface area contributed by atoms with E-state index in [1.807, 2.05) is 7.05 Å². The molecule has 0 N–H and O–H groups in total. The fourth-order valence-corrected chi connectivity index (χ4v) is 2.54. The van der Waals surface area contributed by atoms with Crippen LogP contribution >= 0.6 is 0 Å². The maximum atomic E-state index is 11.5. The third-order valence-electron chi connectivity index (χ3n) is 1.73. The van der Waals surface area contributed by atoms with Crippen molar-refractivity contribution in [1.82, 2.24) is 5.01 Å². The van der Waals surface area contributed by atoms with Gasteiger partial charge in [0.15, 0.2) is 0 Å². The number of ether oxygens (including phenoxy) is 1. The molecule has 0 amide bonds. The van der Waals surface area contributed by atoms with Crippen molar-refractivity contribution in [2.24, 2.45) is 5.10 Å². The average Bonchev–Trinajstić information content (AvgIpc) is 2.00. The van der Waals surface area contributed by atoms with Crippen molar-refractivity contribution < 1.29 is 8.95 Å². The molecule has 1 heterocycles. The Morgan fingerprint density at radius 3 is 3.08 bits per heavy atom. The summed E-state index contributed by atoms with van der Waals surface area (Å²) in [5.41, 5.74) is 0. The zero-order valence-corrected chi connectivity index (χ0v) is 8.43. The van der Waals surface area contributed by atoms with Crippen molar-refractivity contribution >= 4 is 15.8 Å². The zero-order chi connectivity index (χ0) is 9.14. The van der Waals surface area contributed by atoms with Crippen LogP contribution in [0.25, 0.3) is 0 Å². The molecule has 0 bridgehead atoms. The van der Waals surface area contributed by atoms with Gasteiger partial charge in [-0.1, -0.05) is 0 Å². The van der Waals surface area contributed by atoms with Gasteiger partial charge in [0.2, 0.25) is 0 Å². The van der Waals surface area contributed by atoms with E-state index in [1.165, 1.54) is 0 Å². The summed E-state index contributed by atoms with van der Waals surface area (Å²) in [6, 6.07) is 0. The molecule has 4 nitrogen and oxygen atoms in total. The zero-order valence-electron chi connectivity index (χ0n) is 7.61. The first-order valence-electron chi connectivity index (χ1n) is 3.81. The van der Waals surface area contributed by atoms with E-state index < -0.39 is 10.8 Å². The molecular formula is C7H14N2O2S. The number of methoxy groups -OCH3 is 1. The summed E-state index contributed by atoms with van der Waals surface area (Å²) < 4.78 is 16.5. The highest BCUT2D eigenvalue weighted by molar-refractivity contribution is 8.01. The number of rotatable bonds is 2. The molecule has 1 rings (SSSR count). The van der Waals surface area contributed by atoms with Gasteiger partial charge in [0.25, 0.3) is 0 Å².